The van der Waals surface area contributed by atoms with E-state index in [2.05, 4.69) is 10.2 Å². The molecule has 1 heterocycles. The quantitative estimate of drug-likeness (QED) is 0.408. The second-order valence-corrected chi connectivity index (χ2v) is 8.45. The zero-order valence-corrected chi connectivity index (χ0v) is 18.4. The minimum Gasteiger partial charge on any atom is -0.493 e. The normalized spacial score (nSPS) is 19.1. The van der Waals surface area contributed by atoms with Crippen LogP contribution >= 0.6 is 0 Å². The summed E-state index contributed by atoms with van der Waals surface area (Å²) in [5, 5.41) is 3.38. The molecule has 0 bridgehead atoms. The molecule has 0 aromatic heterocycles. The molecule has 2 aliphatic rings. The molecule has 6 heteroatoms. The van der Waals surface area contributed by atoms with Crippen molar-refractivity contribution in [1.82, 2.24) is 10.2 Å². The van der Waals surface area contributed by atoms with E-state index < -0.39 is 23.7 Å². The molecule has 172 valence electrons. The smallest absolute Gasteiger partial charge is 0.280 e. The lowest BCUT2D eigenvalue weighted by Gasteiger charge is -2.27. The predicted molar refractivity (Wildman–Crippen MR) is 120 cm³/mol. The zero-order valence-electron chi connectivity index (χ0n) is 18.4. The van der Waals surface area contributed by atoms with Crippen molar-refractivity contribution in [2.75, 3.05) is 39.3 Å². The van der Waals surface area contributed by atoms with Crippen molar-refractivity contribution in [2.45, 2.75) is 57.3 Å². The fraction of sp³-hybridized carbons (Fsp3) is 0.600. The number of halogens is 3. The van der Waals surface area contributed by atoms with E-state index in [9.17, 15) is 13.2 Å². The fourth-order valence-corrected chi connectivity index (χ4v) is 4.23. The molecule has 1 N–H and O–H groups in total. The Bertz CT molecular complexity index is 742. The Morgan fingerprint density at radius 1 is 0.935 bits per heavy atom. The van der Waals surface area contributed by atoms with Crippen LogP contribution in [0.2, 0.25) is 0 Å². The van der Waals surface area contributed by atoms with Gasteiger partial charge >= 0.3 is 0 Å². The van der Waals surface area contributed by atoms with Gasteiger partial charge in [0.25, 0.3) is 5.92 Å². The van der Waals surface area contributed by atoms with E-state index in [0.717, 1.165) is 38.4 Å². The molecule has 3 rings (SSSR count). The van der Waals surface area contributed by atoms with Crippen LogP contribution in [0.5, 0.6) is 5.75 Å². The van der Waals surface area contributed by atoms with Gasteiger partial charge in [0.2, 0.25) is 0 Å². The van der Waals surface area contributed by atoms with E-state index in [1.165, 1.54) is 57.5 Å². The lowest BCUT2D eigenvalue weighted by molar-refractivity contribution is 0.0670. The van der Waals surface area contributed by atoms with Gasteiger partial charge in [0, 0.05) is 38.2 Å². The monoisotopic (exact) mass is 436 g/mol. The van der Waals surface area contributed by atoms with Crippen LogP contribution in [0, 0.1) is 0 Å². The van der Waals surface area contributed by atoms with Gasteiger partial charge in [0.05, 0.1) is 12.2 Å². The lowest BCUT2D eigenvalue weighted by atomic mass is 9.92. The summed E-state index contributed by atoms with van der Waals surface area (Å²) in [5.74, 6) is -3.77. The SMILES string of the molecule is FC1=C(c2ccccc2OCCCCCCCCCN2CCNCC2)C(F)(F)CC=C1. The van der Waals surface area contributed by atoms with Gasteiger partial charge in [-0.05, 0) is 31.5 Å². The summed E-state index contributed by atoms with van der Waals surface area (Å²) >= 11 is 0. The Kier molecular flexibility index (Phi) is 9.47. The third-order valence-corrected chi connectivity index (χ3v) is 5.99. The summed E-state index contributed by atoms with van der Waals surface area (Å²) in [5.41, 5.74) is -0.412. The highest BCUT2D eigenvalue weighted by atomic mass is 19.3. The molecule has 1 aromatic carbocycles. The molecule has 0 saturated carbocycles. The number of ether oxygens (including phenoxy) is 1. The first-order chi connectivity index (χ1) is 15.1. The maximum Gasteiger partial charge on any atom is 0.280 e. The molecule has 1 saturated heterocycles. The summed E-state index contributed by atoms with van der Waals surface area (Å²) in [6, 6.07) is 6.52. The molecule has 1 aliphatic carbocycles. The number of alkyl halides is 2. The number of piperazine rings is 1. The summed E-state index contributed by atoms with van der Waals surface area (Å²) < 4.78 is 48.6. The summed E-state index contributed by atoms with van der Waals surface area (Å²) in [6.07, 6.45) is 9.90. The Balaban J connectivity index is 1.32. The van der Waals surface area contributed by atoms with Crippen LogP contribution in [0.4, 0.5) is 13.2 Å². The maximum atomic E-state index is 14.3. The Morgan fingerprint density at radius 2 is 1.61 bits per heavy atom. The molecular weight excluding hydrogens is 401 g/mol. The first kappa shape index (κ1) is 23.9. The van der Waals surface area contributed by atoms with Crippen LogP contribution in [0.1, 0.15) is 56.9 Å². The van der Waals surface area contributed by atoms with E-state index >= 15 is 0 Å². The van der Waals surface area contributed by atoms with Crippen molar-refractivity contribution < 1.29 is 17.9 Å². The first-order valence-electron chi connectivity index (χ1n) is 11.7. The van der Waals surface area contributed by atoms with Crippen LogP contribution < -0.4 is 10.1 Å². The molecule has 1 aromatic rings. The molecule has 0 unspecified atom stereocenters. The van der Waals surface area contributed by atoms with Crippen molar-refractivity contribution in [1.29, 1.82) is 0 Å². The van der Waals surface area contributed by atoms with E-state index in [1.54, 1.807) is 18.2 Å². The molecule has 1 fully saturated rings. The van der Waals surface area contributed by atoms with Crippen LogP contribution in [-0.4, -0.2) is 50.2 Å². The predicted octanol–water partition coefficient (Wildman–Crippen LogP) is 5.98. The molecule has 0 atom stereocenters. The number of nitrogens with one attached hydrogen (secondary N) is 1. The molecule has 3 nitrogen and oxygen atoms in total. The number of unbranched alkanes of at least 4 members (excludes halogenated alkanes) is 6. The average Bonchev–Trinajstić information content (AvgIpc) is 2.76. The highest BCUT2D eigenvalue weighted by molar-refractivity contribution is 5.79. The second-order valence-electron chi connectivity index (χ2n) is 8.45. The third-order valence-electron chi connectivity index (χ3n) is 5.99. The van der Waals surface area contributed by atoms with Crippen LogP contribution in [0.25, 0.3) is 5.57 Å². The topological polar surface area (TPSA) is 24.5 Å². The number of hydrogen-bond acceptors (Lipinski definition) is 3. The Hall–Kier alpha value is -1.79. The van der Waals surface area contributed by atoms with E-state index in [-0.39, 0.29) is 5.56 Å². The van der Waals surface area contributed by atoms with Crippen molar-refractivity contribution in [3.05, 3.63) is 47.8 Å². The van der Waals surface area contributed by atoms with Crippen LogP contribution in [-0.2, 0) is 0 Å². The fourth-order valence-electron chi connectivity index (χ4n) is 4.23. The van der Waals surface area contributed by atoms with Gasteiger partial charge in [0.15, 0.2) is 0 Å². The van der Waals surface area contributed by atoms with Gasteiger partial charge in [0.1, 0.15) is 11.6 Å². The largest absolute Gasteiger partial charge is 0.493 e. The van der Waals surface area contributed by atoms with Gasteiger partial charge < -0.3 is 15.0 Å². The number of benzene rings is 1. The molecular formula is C25H35F3N2O. The Labute approximate surface area is 184 Å². The van der Waals surface area contributed by atoms with Crippen molar-refractivity contribution in [3.63, 3.8) is 0 Å². The molecule has 0 spiro atoms. The number of allylic oxidation sites excluding steroid dienone is 4. The number of para-hydroxylation sites is 1. The summed E-state index contributed by atoms with van der Waals surface area (Å²) in [7, 11) is 0. The summed E-state index contributed by atoms with van der Waals surface area (Å²) in [6.45, 7) is 6.22. The van der Waals surface area contributed by atoms with E-state index in [1.807, 2.05) is 0 Å². The van der Waals surface area contributed by atoms with Crippen molar-refractivity contribution in [3.8, 4) is 5.75 Å². The van der Waals surface area contributed by atoms with Gasteiger partial charge in [-0.25, -0.2) is 13.2 Å². The highest BCUT2D eigenvalue weighted by Crippen LogP contribution is 2.44. The molecule has 1 aliphatic heterocycles. The first-order valence-corrected chi connectivity index (χ1v) is 11.7. The highest BCUT2D eigenvalue weighted by Gasteiger charge is 2.39. The molecule has 0 amide bonds. The number of nitrogens with zero attached hydrogens (tertiary/aromatic N) is 1. The van der Waals surface area contributed by atoms with Gasteiger partial charge in [-0.3, -0.25) is 0 Å². The second kappa shape index (κ2) is 12.3. The lowest BCUT2D eigenvalue weighted by Crippen LogP contribution is -2.43. The number of hydrogen-bond donors (Lipinski definition) is 1. The van der Waals surface area contributed by atoms with Crippen LogP contribution in [0.3, 0.4) is 0 Å². The zero-order chi connectivity index (χ0) is 21.9. The van der Waals surface area contributed by atoms with Crippen molar-refractivity contribution in [2.24, 2.45) is 0 Å². The minimum atomic E-state index is -3.22. The third kappa shape index (κ3) is 7.39. The maximum absolute atomic E-state index is 14.3. The van der Waals surface area contributed by atoms with Gasteiger partial charge in [-0.2, -0.15) is 0 Å². The van der Waals surface area contributed by atoms with E-state index in [0.29, 0.717) is 12.4 Å². The minimum absolute atomic E-state index is 0.152. The number of rotatable bonds is 12. The van der Waals surface area contributed by atoms with Gasteiger partial charge in [-0.1, -0.05) is 56.4 Å². The van der Waals surface area contributed by atoms with Crippen LogP contribution in [0.15, 0.2) is 42.2 Å². The van der Waals surface area contributed by atoms with Gasteiger partial charge in [-0.15, -0.1) is 0 Å². The van der Waals surface area contributed by atoms with E-state index in [4.69, 9.17) is 4.74 Å². The molecule has 31 heavy (non-hydrogen) atoms. The molecule has 0 radical (unpaired) electrons. The average molecular weight is 437 g/mol. The Morgan fingerprint density at radius 3 is 2.35 bits per heavy atom. The van der Waals surface area contributed by atoms with Crippen molar-refractivity contribution >= 4 is 5.57 Å². The summed E-state index contributed by atoms with van der Waals surface area (Å²) in [4.78, 5) is 2.53. The standard InChI is InChI=1S/C25H35F3N2O/c26-22-12-10-14-25(27,28)24(22)21-11-6-7-13-23(21)31-20-9-5-3-1-2-4-8-17-30-18-15-29-16-19-30/h6-7,10-13,29H,1-5,8-9,14-20H2.